The molecule has 0 heterocycles. The molecule has 19 heavy (non-hydrogen) atoms. The number of amides is 2. The molecule has 0 aromatic heterocycles. The largest absolute Gasteiger partial charge is 0.321 e. The first-order chi connectivity index (χ1) is 9.17. The van der Waals surface area contributed by atoms with Gasteiger partial charge in [0, 0.05) is 19.3 Å². The molecule has 1 rings (SSSR count). The Balaban J connectivity index is 2.54. The molecule has 1 aromatic rings. The molecule has 0 bridgehead atoms. The Labute approximate surface area is 114 Å². The Morgan fingerprint density at radius 3 is 2.32 bits per heavy atom. The van der Waals surface area contributed by atoms with E-state index in [1.54, 1.807) is 23.3 Å². The highest BCUT2D eigenvalue weighted by Gasteiger charge is 2.07. The molecule has 0 aliphatic carbocycles. The van der Waals surface area contributed by atoms with E-state index in [0.29, 0.717) is 13.1 Å². The van der Waals surface area contributed by atoms with Crippen LogP contribution in [0.15, 0.2) is 55.8 Å². The highest BCUT2D eigenvalue weighted by molar-refractivity contribution is 5.76. The topological polar surface area (TPSA) is 32.3 Å². The van der Waals surface area contributed by atoms with Crippen molar-refractivity contribution in [1.29, 1.82) is 0 Å². The zero-order valence-corrected chi connectivity index (χ0v) is 11.3. The summed E-state index contributed by atoms with van der Waals surface area (Å²) in [4.78, 5) is 13.4. The van der Waals surface area contributed by atoms with Crippen LogP contribution in [-0.4, -0.2) is 24.0 Å². The maximum atomic E-state index is 11.8. The van der Waals surface area contributed by atoms with Gasteiger partial charge < -0.3 is 10.2 Å². The van der Waals surface area contributed by atoms with Crippen LogP contribution in [0.3, 0.4) is 0 Å². The molecule has 0 aliphatic heterocycles. The molecular formula is C16H20N2O. The van der Waals surface area contributed by atoms with E-state index in [9.17, 15) is 4.79 Å². The summed E-state index contributed by atoms with van der Waals surface area (Å²) >= 11 is 0. The van der Waals surface area contributed by atoms with E-state index in [4.69, 9.17) is 0 Å². The molecule has 0 unspecified atom stereocenters. The van der Waals surface area contributed by atoms with E-state index >= 15 is 0 Å². The van der Waals surface area contributed by atoms with Gasteiger partial charge in [0.05, 0.1) is 0 Å². The maximum Gasteiger partial charge on any atom is 0.321 e. The first kappa shape index (κ1) is 14.8. The number of carbonyl (C=O) groups is 1. The summed E-state index contributed by atoms with van der Waals surface area (Å²) in [6.07, 6.45) is 6.88. The van der Waals surface area contributed by atoms with Crippen LogP contribution in [0.25, 0.3) is 6.08 Å². The standard InChI is InChI=1S/C16H20N2O/c1-4-12-18(13-5-2)16(19)17-11-10-15-8-6-14(3)7-9-15/h4-11H,1-2,12-13H2,3H3,(H,17,19)/b11-10+. The second-order valence-electron chi connectivity index (χ2n) is 4.18. The number of hydrogen-bond acceptors (Lipinski definition) is 1. The lowest BCUT2D eigenvalue weighted by atomic mass is 10.1. The summed E-state index contributed by atoms with van der Waals surface area (Å²) in [5.41, 5.74) is 2.26. The normalized spacial score (nSPS) is 10.2. The number of benzene rings is 1. The molecule has 1 N–H and O–H groups in total. The molecule has 0 fully saturated rings. The van der Waals surface area contributed by atoms with Gasteiger partial charge in [0.15, 0.2) is 0 Å². The number of nitrogens with one attached hydrogen (secondary N) is 1. The van der Waals surface area contributed by atoms with Crippen molar-refractivity contribution in [1.82, 2.24) is 10.2 Å². The zero-order chi connectivity index (χ0) is 14.1. The van der Waals surface area contributed by atoms with E-state index in [0.717, 1.165) is 5.56 Å². The Hall–Kier alpha value is -2.29. The van der Waals surface area contributed by atoms with Gasteiger partial charge >= 0.3 is 6.03 Å². The van der Waals surface area contributed by atoms with E-state index in [1.165, 1.54) is 5.56 Å². The summed E-state index contributed by atoms with van der Waals surface area (Å²) in [5.74, 6) is 0. The number of urea groups is 1. The van der Waals surface area contributed by atoms with Crippen molar-refractivity contribution in [2.24, 2.45) is 0 Å². The van der Waals surface area contributed by atoms with Crippen molar-refractivity contribution in [2.75, 3.05) is 13.1 Å². The Kier molecular flexibility index (Phi) is 6.16. The second kappa shape index (κ2) is 7.93. The van der Waals surface area contributed by atoms with Gasteiger partial charge in [0.2, 0.25) is 0 Å². The van der Waals surface area contributed by atoms with Crippen molar-refractivity contribution in [2.45, 2.75) is 6.92 Å². The average Bonchev–Trinajstić information content (AvgIpc) is 2.40. The molecule has 1 aromatic carbocycles. The van der Waals surface area contributed by atoms with Crippen LogP contribution in [0.2, 0.25) is 0 Å². The van der Waals surface area contributed by atoms with Crippen LogP contribution in [0.4, 0.5) is 4.79 Å². The fourth-order valence-electron chi connectivity index (χ4n) is 1.53. The minimum Gasteiger partial charge on any atom is -0.317 e. The predicted molar refractivity (Wildman–Crippen MR) is 80.7 cm³/mol. The molecule has 0 radical (unpaired) electrons. The third kappa shape index (κ3) is 5.25. The van der Waals surface area contributed by atoms with Gasteiger partial charge in [-0.25, -0.2) is 4.79 Å². The van der Waals surface area contributed by atoms with Gasteiger partial charge in [0.1, 0.15) is 0 Å². The van der Waals surface area contributed by atoms with Crippen molar-refractivity contribution < 1.29 is 4.79 Å². The molecule has 3 nitrogen and oxygen atoms in total. The lowest BCUT2D eigenvalue weighted by Gasteiger charge is -2.18. The molecule has 0 atom stereocenters. The first-order valence-electron chi connectivity index (χ1n) is 6.18. The van der Waals surface area contributed by atoms with Crippen molar-refractivity contribution in [3.63, 3.8) is 0 Å². The fraction of sp³-hybridized carbons (Fsp3) is 0.188. The summed E-state index contributed by atoms with van der Waals surface area (Å²) in [6, 6.07) is 7.90. The third-order valence-corrected chi connectivity index (χ3v) is 2.55. The monoisotopic (exact) mass is 256 g/mol. The molecular weight excluding hydrogens is 236 g/mol. The lowest BCUT2D eigenvalue weighted by Crippen LogP contribution is -2.37. The molecule has 0 saturated heterocycles. The van der Waals surface area contributed by atoms with Crippen LogP contribution in [0.1, 0.15) is 11.1 Å². The van der Waals surface area contributed by atoms with Crippen LogP contribution in [-0.2, 0) is 0 Å². The quantitative estimate of drug-likeness (QED) is 0.778. The second-order valence-corrected chi connectivity index (χ2v) is 4.18. The molecule has 0 saturated carbocycles. The highest BCUT2D eigenvalue weighted by atomic mass is 16.2. The van der Waals surface area contributed by atoms with Crippen LogP contribution < -0.4 is 5.32 Å². The Bertz CT molecular complexity index is 450. The van der Waals surface area contributed by atoms with E-state index in [2.05, 4.69) is 18.5 Å². The Morgan fingerprint density at radius 2 is 1.79 bits per heavy atom. The van der Waals surface area contributed by atoms with Crippen molar-refractivity contribution in [3.05, 3.63) is 66.9 Å². The summed E-state index contributed by atoms with van der Waals surface area (Å²) in [5, 5.41) is 2.73. The number of carbonyl (C=O) groups excluding carboxylic acids is 1. The Morgan fingerprint density at radius 1 is 1.21 bits per heavy atom. The van der Waals surface area contributed by atoms with Crippen LogP contribution in [0.5, 0.6) is 0 Å². The predicted octanol–water partition coefficient (Wildman–Crippen LogP) is 3.35. The van der Waals surface area contributed by atoms with Gasteiger partial charge in [-0.2, -0.15) is 0 Å². The number of aryl methyl sites for hydroxylation is 1. The van der Waals surface area contributed by atoms with Gasteiger partial charge in [0.25, 0.3) is 0 Å². The minimum absolute atomic E-state index is 0.164. The first-order valence-corrected chi connectivity index (χ1v) is 6.18. The van der Waals surface area contributed by atoms with Crippen molar-refractivity contribution >= 4 is 12.1 Å². The van der Waals surface area contributed by atoms with E-state index in [1.807, 2.05) is 37.3 Å². The van der Waals surface area contributed by atoms with Gasteiger partial charge in [-0.3, -0.25) is 0 Å². The molecule has 0 aliphatic rings. The number of nitrogens with zero attached hydrogens (tertiary/aromatic N) is 1. The smallest absolute Gasteiger partial charge is 0.317 e. The van der Waals surface area contributed by atoms with Gasteiger partial charge in [-0.05, 0) is 18.6 Å². The highest BCUT2D eigenvalue weighted by Crippen LogP contribution is 2.04. The summed E-state index contributed by atoms with van der Waals surface area (Å²) in [6.45, 7) is 10.3. The van der Waals surface area contributed by atoms with Crippen molar-refractivity contribution in [3.8, 4) is 0 Å². The SMILES string of the molecule is C=CCN(CC=C)C(=O)N/C=C/c1ccc(C)cc1. The number of hydrogen-bond donors (Lipinski definition) is 1. The lowest BCUT2D eigenvalue weighted by molar-refractivity contribution is 0.212. The third-order valence-electron chi connectivity index (χ3n) is 2.55. The fourth-order valence-corrected chi connectivity index (χ4v) is 1.53. The van der Waals surface area contributed by atoms with Crippen LogP contribution in [0, 0.1) is 6.92 Å². The number of rotatable bonds is 6. The molecule has 3 heteroatoms. The van der Waals surface area contributed by atoms with E-state index in [-0.39, 0.29) is 6.03 Å². The van der Waals surface area contributed by atoms with Crippen LogP contribution >= 0.6 is 0 Å². The molecule has 0 spiro atoms. The molecule has 2 amide bonds. The summed E-state index contributed by atoms with van der Waals surface area (Å²) < 4.78 is 0. The van der Waals surface area contributed by atoms with E-state index < -0.39 is 0 Å². The van der Waals surface area contributed by atoms with Gasteiger partial charge in [-0.1, -0.05) is 42.0 Å². The minimum atomic E-state index is -0.164. The van der Waals surface area contributed by atoms with Gasteiger partial charge in [-0.15, -0.1) is 13.2 Å². The average molecular weight is 256 g/mol. The zero-order valence-electron chi connectivity index (χ0n) is 11.3. The summed E-state index contributed by atoms with van der Waals surface area (Å²) in [7, 11) is 0. The maximum absolute atomic E-state index is 11.8. The molecule has 100 valence electrons.